The highest BCUT2D eigenvalue weighted by molar-refractivity contribution is 5.94. The third-order valence-electron chi connectivity index (χ3n) is 3.08. The fourth-order valence-corrected chi connectivity index (χ4v) is 2.08. The van der Waals surface area contributed by atoms with Crippen molar-refractivity contribution in [3.8, 4) is 0 Å². The summed E-state index contributed by atoms with van der Waals surface area (Å²) in [4.78, 5) is 13.3. The van der Waals surface area contributed by atoms with E-state index in [-0.39, 0.29) is 11.7 Å². The van der Waals surface area contributed by atoms with Crippen molar-refractivity contribution < 1.29 is 22.7 Å². The van der Waals surface area contributed by atoms with Gasteiger partial charge in [0.1, 0.15) is 0 Å². The Hall–Kier alpha value is -1.56. The van der Waals surface area contributed by atoms with E-state index in [2.05, 4.69) is 0 Å². The van der Waals surface area contributed by atoms with Crippen LogP contribution in [0, 0.1) is 17.5 Å². The van der Waals surface area contributed by atoms with Crippen LogP contribution in [-0.2, 0) is 4.74 Å². The van der Waals surface area contributed by atoms with Crippen LogP contribution < -0.4 is 0 Å². The fourth-order valence-electron chi connectivity index (χ4n) is 2.08. The largest absolute Gasteiger partial charge is 0.376 e. The van der Waals surface area contributed by atoms with Crippen LogP contribution in [0.1, 0.15) is 23.2 Å². The Morgan fingerprint density at radius 1 is 1.37 bits per heavy atom. The third kappa shape index (κ3) is 3.07. The highest BCUT2D eigenvalue weighted by Crippen LogP contribution is 2.17. The van der Waals surface area contributed by atoms with E-state index in [4.69, 9.17) is 4.74 Å². The van der Waals surface area contributed by atoms with Gasteiger partial charge >= 0.3 is 0 Å². The summed E-state index contributed by atoms with van der Waals surface area (Å²) in [5.74, 6) is -4.87. The lowest BCUT2D eigenvalue weighted by Gasteiger charge is -2.21. The molecular weight excluding hydrogens is 259 g/mol. The first-order valence-corrected chi connectivity index (χ1v) is 6.00. The number of rotatable bonds is 3. The van der Waals surface area contributed by atoms with E-state index >= 15 is 0 Å². The van der Waals surface area contributed by atoms with E-state index < -0.39 is 23.4 Å². The van der Waals surface area contributed by atoms with Gasteiger partial charge in [0.05, 0.1) is 6.10 Å². The number of hydrogen-bond donors (Lipinski definition) is 0. The van der Waals surface area contributed by atoms with Crippen LogP contribution in [-0.4, -0.2) is 37.1 Å². The summed E-state index contributed by atoms with van der Waals surface area (Å²) in [6.45, 7) is 1.01. The lowest BCUT2D eigenvalue weighted by Crippen LogP contribution is -2.34. The molecule has 2 rings (SSSR count). The first-order chi connectivity index (χ1) is 8.99. The zero-order valence-corrected chi connectivity index (χ0v) is 10.5. The molecule has 0 aromatic heterocycles. The lowest BCUT2D eigenvalue weighted by atomic mass is 10.1. The standard InChI is InChI=1S/C13H14F3NO2/c1-17(7-9-3-2-4-19-9)13(18)8-5-10(14)12(16)11(15)6-8/h5-6,9H,2-4,7H2,1H3. The summed E-state index contributed by atoms with van der Waals surface area (Å²) in [6, 6.07) is 1.40. The molecule has 1 fully saturated rings. The topological polar surface area (TPSA) is 29.5 Å². The molecule has 1 heterocycles. The van der Waals surface area contributed by atoms with Gasteiger partial charge in [0.15, 0.2) is 17.5 Å². The third-order valence-corrected chi connectivity index (χ3v) is 3.08. The van der Waals surface area contributed by atoms with Crippen molar-refractivity contribution in [1.82, 2.24) is 4.90 Å². The number of halogens is 3. The van der Waals surface area contributed by atoms with Crippen molar-refractivity contribution in [2.24, 2.45) is 0 Å². The van der Waals surface area contributed by atoms with Crippen LogP contribution in [0.2, 0.25) is 0 Å². The highest BCUT2D eigenvalue weighted by atomic mass is 19.2. The Morgan fingerprint density at radius 2 is 2.00 bits per heavy atom. The molecule has 0 spiro atoms. The number of ether oxygens (including phenoxy) is 1. The van der Waals surface area contributed by atoms with Gasteiger partial charge in [-0.2, -0.15) is 0 Å². The Balaban J connectivity index is 2.10. The Labute approximate surface area is 109 Å². The molecule has 1 aliphatic heterocycles. The molecule has 0 radical (unpaired) electrons. The van der Waals surface area contributed by atoms with Crippen molar-refractivity contribution in [3.63, 3.8) is 0 Å². The molecule has 1 aromatic rings. The molecule has 3 nitrogen and oxygen atoms in total. The number of nitrogens with zero attached hydrogens (tertiary/aromatic N) is 1. The number of hydrogen-bond acceptors (Lipinski definition) is 2. The second-order valence-corrected chi connectivity index (χ2v) is 4.57. The molecule has 1 unspecified atom stereocenters. The molecule has 19 heavy (non-hydrogen) atoms. The van der Waals surface area contributed by atoms with Crippen molar-refractivity contribution in [2.75, 3.05) is 20.2 Å². The maximum Gasteiger partial charge on any atom is 0.253 e. The SMILES string of the molecule is CN(CC1CCCO1)C(=O)c1cc(F)c(F)c(F)c1. The Morgan fingerprint density at radius 3 is 2.53 bits per heavy atom. The molecule has 1 aromatic carbocycles. The lowest BCUT2D eigenvalue weighted by molar-refractivity contribution is 0.0586. The van der Waals surface area contributed by atoms with E-state index in [1.807, 2.05) is 0 Å². The first-order valence-electron chi connectivity index (χ1n) is 6.00. The second kappa shape index (κ2) is 5.61. The van der Waals surface area contributed by atoms with Crippen molar-refractivity contribution in [2.45, 2.75) is 18.9 Å². The predicted octanol–water partition coefficient (Wildman–Crippen LogP) is 2.35. The van der Waals surface area contributed by atoms with Crippen molar-refractivity contribution in [1.29, 1.82) is 0 Å². The normalized spacial score (nSPS) is 18.6. The van der Waals surface area contributed by atoms with Gasteiger partial charge in [-0.3, -0.25) is 4.79 Å². The van der Waals surface area contributed by atoms with Crippen LogP contribution in [0.3, 0.4) is 0 Å². The maximum atomic E-state index is 13.1. The summed E-state index contributed by atoms with van der Waals surface area (Å²) >= 11 is 0. The molecule has 1 aliphatic rings. The molecule has 104 valence electrons. The molecule has 1 amide bonds. The number of amides is 1. The van der Waals surface area contributed by atoms with Crippen LogP contribution in [0.25, 0.3) is 0 Å². The number of carbonyl (C=O) groups excluding carboxylic acids is 1. The number of carbonyl (C=O) groups is 1. The molecule has 0 saturated carbocycles. The van der Waals surface area contributed by atoms with Gasteiger partial charge in [-0.15, -0.1) is 0 Å². The quantitative estimate of drug-likeness (QED) is 0.791. The van der Waals surface area contributed by atoms with Gasteiger partial charge in [0.25, 0.3) is 5.91 Å². The first kappa shape index (κ1) is 13.9. The average Bonchev–Trinajstić information content (AvgIpc) is 2.87. The summed E-state index contributed by atoms with van der Waals surface area (Å²) in [7, 11) is 1.52. The van der Waals surface area contributed by atoms with Gasteiger partial charge < -0.3 is 9.64 Å². The average molecular weight is 273 g/mol. The van der Waals surface area contributed by atoms with Crippen molar-refractivity contribution >= 4 is 5.91 Å². The predicted molar refractivity (Wildman–Crippen MR) is 62.3 cm³/mol. The minimum Gasteiger partial charge on any atom is -0.376 e. The maximum absolute atomic E-state index is 13.1. The molecule has 1 atom stereocenters. The Bertz CT molecular complexity index is 464. The molecule has 6 heteroatoms. The monoisotopic (exact) mass is 273 g/mol. The zero-order valence-electron chi connectivity index (χ0n) is 10.5. The van der Waals surface area contributed by atoms with E-state index in [1.165, 1.54) is 11.9 Å². The van der Waals surface area contributed by atoms with Crippen LogP contribution in [0.5, 0.6) is 0 Å². The highest BCUT2D eigenvalue weighted by Gasteiger charge is 2.22. The van der Waals surface area contributed by atoms with E-state index in [9.17, 15) is 18.0 Å². The molecule has 0 N–H and O–H groups in total. The molecule has 0 bridgehead atoms. The molecular formula is C13H14F3NO2. The Kier molecular flexibility index (Phi) is 4.09. The summed E-state index contributed by atoms with van der Waals surface area (Å²) < 4.78 is 44.3. The smallest absolute Gasteiger partial charge is 0.253 e. The van der Waals surface area contributed by atoms with Crippen LogP contribution in [0.15, 0.2) is 12.1 Å². The van der Waals surface area contributed by atoms with Crippen LogP contribution in [0.4, 0.5) is 13.2 Å². The fraction of sp³-hybridized carbons (Fsp3) is 0.462. The summed E-state index contributed by atoms with van der Waals surface area (Å²) in [5.41, 5.74) is -0.211. The number of benzene rings is 1. The van der Waals surface area contributed by atoms with Crippen molar-refractivity contribution in [3.05, 3.63) is 35.1 Å². The zero-order chi connectivity index (χ0) is 14.0. The molecule has 0 aliphatic carbocycles. The van der Waals surface area contributed by atoms with E-state index in [0.717, 1.165) is 12.8 Å². The summed E-state index contributed by atoms with van der Waals surface area (Å²) in [5, 5.41) is 0. The minimum atomic E-state index is -1.57. The second-order valence-electron chi connectivity index (χ2n) is 4.57. The van der Waals surface area contributed by atoms with E-state index in [0.29, 0.717) is 25.3 Å². The van der Waals surface area contributed by atoms with Gasteiger partial charge in [0.2, 0.25) is 0 Å². The van der Waals surface area contributed by atoms with E-state index in [1.54, 1.807) is 0 Å². The summed E-state index contributed by atoms with van der Waals surface area (Å²) in [6.07, 6.45) is 1.74. The van der Waals surface area contributed by atoms with Gasteiger partial charge in [0, 0.05) is 25.8 Å². The minimum absolute atomic E-state index is 0.0518. The van der Waals surface area contributed by atoms with Gasteiger partial charge in [-0.25, -0.2) is 13.2 Å². The van der Waals surface area contributed by atoms with Crippen LogP contribution >= 0.6 is 0 Å². The van der Waals surface area contributed by atoms with Gasteiger partial charge in [-0.1, -0.05) is 0 Å². The van der Waals surface area contributed by atoms with Gasteiger partial charge in [-0.05, 0) is 25.0 Å². The number of likely N-dealkylation sites (N-methyl/N-ethyl adjacent to an activating group) is 1. The molecule has 1 saturated heterocycles.